The van der Waals surface area contributed by atoms with Crippen LogP contribution in [0.15, 0.2) is 12.3 Å². The van der Waals surface area contributed by atoms with Crippen LogP contribution in [0.3, 0.4) is 0 Å². The zero-order valence-corrected chi connectivity index (χ0v) is 10.7. The number of aromatic nitrogens is 1. The fraction of sp³-hybridized carbons (Fsp3) is 0.500. The largest absolute Gasteiger partial charge is 0.420 e. The Morgan fingerprint density at radius 1 is 1.37 bits per heavy atom. The zero-order chi connectivity index (χ0) is 14.0. The smallest absolute Gasteiger partial charge is 0.356 e. The van der Waals surface area contributed by atoms with Gasteiger partial charge in [-0.05, 0) is 24.8 Å². The molecule has 0 N–H and O–H groups in total. The Kier molecular flexibility index (Phi) is 3.70. The van der Waals surface area contributed by atoms with Gasteiger partial charge in [-0.3, -0.25) is 0 Å². The van der Waals surface area contributed by atoms with Crippen molar-refractivity contribution in [3.05, 3.63) is 23.4 Å². The number of piperidine rings is 1. The van der Waals surface area contributed by atoms with Crippen LogP contribution in [0, 0.1) is 18.3 Å². The predicted octanol–water partition coefficient (Wildman–Crippen LogP) is 3.32. The van der Waals surface area contributed by atoms with Gasteiger partial charge in [0.1, 0.15) is 5.82 Å². The topological polar surface area (TPSA) is 16.1 Å². The molecule has 102 valence electrons. The van der Waals surface area contributed by atoms with E-state index in [-0.39, 0.29) is 11.4 Å². The maximum Gasteiger partial charge on any atom is 0.420 e. The summed E-state index contributed by atoms with van der Waals surface area (Å²) in [6.07, 6.45) is 3.80. The summed E-state index contributed by atoms with van der Waals surface area (Å²) in [6, 6.07) is 1.00. The standard InChI is InChI=1S/C14H15F3N2/c1-3-11-8-12(14(15,16)17)13(18-9-11)19-6-4-10(2)5-7-19/h1,8-10H,4-7H2,2H3. The second-order valence-electron chi connectivity index (χ2n) is 4.91. The lowest BCUT2D eigenvalue weighted by Crippen LogP contribution is -2.35. The Hall–Kier alpha value is -1.70. The van der Waals surface area contributed by atoms with Gasteiger partial charge in [0.2, 0.25) is 0 Å². The van der Waals surface area contributed by atoms with Gasteiger partial charge in [-0.1, -0.05) is 12.8 Å². The summed E-state index contributed by atoms with van der Waals surface area (Å²) in [6.45, 7) is 3.32. The van der Waals surface area contributed by atoms with Crippen LogP contribution < -0.4 is 4.90 Å². The van der Waals surface area contributed by atoms with E-state index in [0.717, 1.165) is 18.9 Å². The summed E-state index contributed by atoms with van der Waals surface area (Å²) in [5.41, 5.74) is -0.584. The van der Waals surface area contributed by atoms with E-state index in [0.29, 0.717) is 19.0 Å². The molecule has 0 radical (unpaired) electrons. The monoisotopic (exact) mass is 268 g/mol. The van der Waals surface area contributed by atoms with E-state index in [1.807, 2.05) is 0 Å². The highest BCUT2D eigenvalue weighted by molar-refractivity contribution is 5.52. The van der Waals surface area contributed by atoms with Crippen LogP contribution in [-0.4, -0.2) is 18.1 Å². The number of hydrogen-bond acceptors (Lipinski definition) is 2. The van der Waals surface area contributed by atoms with Crippen LogP contribution >= 0.6 is 0 Å². The summed E-state index contributed by atoms with van der Waals surface area (Å²) in [4.78, 5) is 5.63. The molecular formula is C14H15F3N2. The number of halogens is 3. The summed E-state index contributed by atoms with van der Waals surface area (Å²) >= 11 is 0. The minimum absolute atomic E-state index is 0.00148. The third kappa shape index (κ3) is 3.01. The molecule has 1 saturated heterocycles. The molecular weight excluding hydrogens is 253 g/mol. The lowest BCUT2D eigenvalue weighted by molar-refractivity contribution is -0.137. The van der Waals surface area contributed by atoms with E-state index in [4.69, 9.17) is 6.42 Å². The Labute approximate surface area is 110 Å². The number of nitrogens with zero attached hydrogens (tertiary/aromatic N) is 2. The molecule has 2 heterocycles. The van der Waals surface area contributed by atoms with Gasteiger partial charge >= 0.3 is 6.18 Å². The SMILES string of the molecule is C#Cc1cnc(N2CCC(C)CC2)c(C(F)(F)F)c1. The third-order valence-electron chi connectivity index (χ3n) is 3.42. The fourth-order valence-corrected chi connectivity index (χ4v) is 2.22. The highest BCUT2D eigenvalue weighted by Gasteiger charge is 2.36. The number of hydrogen-bond donors (Lipinski definition) is 0. The van der Waals surface area contributed by atoms with Crippen LogP contribution in [0.4, 0.5) is 19.0 Å². The molecule has 2 nitrogen and oxygen atoms in total. The molecule has 1 aliphatic rings. The van der Waals surface area contributed by atoms with Crippen molar-refractivity contribution in [3.63, 3.8) is 0 Å². The van der Waals surface area contributed by atoms with Crippen LogP contribution in [0.25, 0.3) is 0 Å². The van der Waals surface area contributed by atoms with Crippen LogP contribution in [0.2, 0.25) is 0 Å². The summed E-state index contributed by atoms with van der Waals surface area (Å²) < 4.78 is 39.2. The normalized spacial score (nSPS) is 17.3. The van der Waals surface area contributed by atoms with Crippen molar-refractivity contribution in [2.75, 3.05) is 18.0 Å². The van der Waals surface area contributed by atoms with E-state index in [1.165, 1.54) is 6.20 Å². The number of pyridine rings is 1. The van der Waals surface area contributed by atoms with Crippen molar-refractivity contribution in [2.24, 2.45) is 5.92 Å². The summed E-state index contributed by atoms with van der Waals surface area (Å²) in [5, 5.41) is 0. The molecule has 0 amide bonds. The van der Waals surface area contributed by atoms with Crippen molar-refractivity contribution in [3.8, 4) is 12.3 Å². The minimum atomic E-state index is -4.43. The molecule has 1 fully saturated rings. The van der Waals surface area contributed by atoms with Crippen molar-refractivity contribution in [1.29, 1.82) is 0 Å². The van der Waals surface area contributed by atoms with Gasteiger partial charge in [0.25, 0.3) is 0 Å². The van der Waals surface area contributed by atoms with Crippen LogP contribution in [-0.2, 0) is 6.18 Å². The minimum Gasteiger partial charge on any atom is -0.356 e. The van der Waals surface area contributed by atoms with Gasteiger partial charge in [0.15, 0.2) is 0 Å². The zero-order valence-electron chi connectivity index (χ0n) is 10.7. The van der Waals surface area contributed by atoms with Crippen molar-refractivity contribution in [2.45, 2.75) is 25.9 Å². The average Bonchev–Trinajstić information content (AvgIpc) is 2.38. The van der Waals surface area contributed by atoms with E-state index >= 15 is 0 Å². The molecule has 1 aliphatic heterocycles. The second kappa shape index (κ2) is 5.12. The van der Waals surface area contributed by atoms with E-state index < -0.39 is 11.7 Å². The third-order valence-corrected chi connectivity index (χ3v) is 3.42. The molecule has 0 bridgehead atoms. The highest BCUT2D eigenvalue weighted by Crippen LogP contribution is 2.37. The molecule has 5 heteroatoms. The summed E-state index contributed by atoms with van der Waals surface area (Å²) in [5.74, 6) is 2.75. The van der Waals surface area contributed by atoms with E-state index in [1.54, 1.807) is 4.90 Å². The quantitative estimate of drug-likeness (QED) is 0.726. The van der Waals surface area contributed by atoms with Gasteiger partial charge in [0.05, 0.1) is 5.56 Å². The predicted molar refractivity (Wildman–Crippen MR) is 67.8 cm³/mol. The number of rotatable bonds is 1. The Morgan fingerprint density at radius 3 is 2.53 bits per heavy atom. The Balaban J connectivity index is 2.37. The van der Waals surface area contributed by atoms with Gasteiger partial charge in [0, 0.05) is 24.8 Å². The van der Waals surface area contributed by atoms with Gasteiger partial charge < -0.3 is 4.90 Å². The number of terminal acetylenes is 1. The average molecular weight is 268 g/mol. The molecule has 0 aromatic carbocycles. The van der Waals surface area contributed by atoms with Crippen LogP contribution in [0.5, 0.6) is 0 Å². The molecule has 1 aromatic heterocycles. The molecule has 0 saturated carbocycles. The maximum absolute atomic E-state index is 13.1. The first kappa shape index (κ1) is 13.7. The fourth-order valence-electron chi connectivity index (χ4n) is 2.22. The molecule has 1 aromatic rings. The van der Waals surface area contributed by atoms with Gasteiger partial charge in [-0.25, -0.2) is 4.98 Å². The molecule has 0 unspecified atom stereocenters. The first-order valence-corrected chi connectivity index (χ1v) is 6.20. The number of anilines is 1. The first-order valence-electron chi connectivity index (χ1n) is 6.20. The van der Waals surface area contributed by atoms with Gasteiger partial charge in [-0.2, -0.15) is 13.2 Å². The molecule has 2 rings (SSSR count). The maximum atomic E-state index is 13.1. The molecule has 0 aliphatic carbocycles. The first-order chi connectivity index (χ1) is 8.91. The van der Waals surface area contributed by atoms with Crippen molar-refractivity contribution in [1.82, 2.24) is 4.98 Å². The van der Waals surface area contributed by atoms with Gasteiger partial charge in [-0.15, -0.1) is 6.42 Å². The highest BCUT2D eigenvalue weighted by atomic mass is 19.4. The van der Waals surface area contributed by atoms with Crippen molar-refractivity contribution >= 4 is 5.82 Å². The molecule has 19 heavy (non-hydrogen) atoms. The van der Waals surface area contributed by atoms with Crippen molar-refractivity contribution < 1.29 is 13.2 Å². The van der Waals surface area contributed by atoms with Crippen LogP contribution in [0.1, 0.15) is 30.9 Å². The molecule has 0 atom stereocenters. The number of alkyl halides is 3. The Bertz CT molecular complexity index is 494. The summed E-state index contributed by atoms with van der Waals surface area (Å²) in [7, 11) is 0. The van der Waals surface area contributed by atoms with E-state index in [2.05, 4.69) is 17.8 Å². The second-order valence-corrected chi connectivity index (χ2v) is 4.91. The molecule has 0 spiro atoms. The Morgan fingerprint density at radius 2 is 2.00 bits per heavy atom. The lowest BCUT2D eigenvalue weighted by Gasteiger charge is -2.32. The lowest BCUT2D eigenvalue weighted by atomic mass is 9.99. The van der Waals surface area contributed by atoms with E-state index in [9.17, 15) is 13.2 Å².